The third kappa shape index (κ3) is 3.92. The number of alkyl halides is 7. The van der Waals surface area contributed by atoms with Gasteiger partial charge < -0.3 is 0 Å². The quantitative estimate of drug-likeness (QED) is 0.567. The Morgan fingerprint density at radius 1 is 1.00 bits per heavy atom. The standard InChI is InChI=1S/C3HBr4F3/c4-2(5,6)1(8)3(7,9)10/h1H. The second kappa shape index (κ2) is 3.62. The fourth-order valence-electron chi connectivity index (χ4n) is 0.186. The van der Waals surface area contributed by atoms with Crippen molar-refractivity contribution in [1.29, 1.82) is 0 Å². The Labute approximate surface area is 89.4 Å². The zero-order valence-corrected chi connectivity index (χ0v) is 10.6. The smallest absolute Gasteiger partial charge is 0.236 e. The number of hydrogen-bond donors (Lipinski definition) is 0. The van der Waals surface area contributed by atoms with Gasteiger partial charge in [-0.1, -0.05) is 47.8 Å². The van der Waals surface area contributed by atoms with Crippen LogP contribution in [0.1, 0.15) is 0 Å². The number of halogens is 7. The zero-order valence-electron chi connectivity index (χ0n) is 4.22. The summed E-state index contributed by atoms with van der Waals surface area (Å²) in [5, 5.41) is 0. The fourth-order valence-corrected chi connectivity index (χ4v) is 2.31. The van der Waals surface area contributed by atoms with Crippen molar-refractivity contribution in [2.75, 3.05) is 0 Å². The van der Waals surface area contributed by atoms with E-state index in [0.717, 1.165) is 0 Å². The van der Waals surface area contributed by atoms with Crippen molar-refractivity contribution >= 4 is 63.7 Å². The summed E-state index contributed by atoms with van der Waals surface area (Å²) in [6, 6.07) is 0. The summed E-state index contributed by atoms with van der Waals surface area (Å²) < 4.78 is 35.0. The van der Waals surface area contributed by atoms with Gasteiger partial charge in [0.25, 0.3) is 0 Å². The Balaban J connectivity index is 4.23. The topological polar surface area (TPSA) is 0 Å². The average molecular weight is 414 g/mol. The Morgan fingerprint density at radius 3 is 1.30 bits per heavy atom. The molecule has 0 bridgehead atoms. The van der Waals surface area contributed by atoms with Crippen molar-refractivity contribution < 1.29 is 13.2 Å². The van der Waals surface area contributed by atoms with Gasteiger partial charge in [-0.25, -0.2) is 4.39 Å². The van der Waals surface area contributed by atoms with Gasteiger partial charge in [-0.3, -0.25) is 0 Å². The maximum atomic E-state index is 12.5. The highest BCUT2D eigenvalue weighted by atomic mass is 80.0. The van der Waals surface area contributed by atoms with Gasteiger partial charge in [0.05, 0.1) is 0 Å². The lowest BCUT2D eigenvalue weighted by atomic mass is 10.5. The molecule has 0 fully saturated rings. The van der Waals surface area contributed by atoms with E-state index in [9.17, 15) is 13.2 Å². The number of hydrogen-bond acceptors (Lipinski definition) is 0. The molecule has 1 unspecified atom stereocenters. The summed E-state index contributed by atoms with van der Waals surface area (Å²) >= 11 is 9.77. The van der Waals surface area contributed by atoms with Crippen LogP contribution in [0.5, 0.6) is 0 Å². The predicted molar refractivity (Wildman–Crippen MR) is 48.3 cm³/mol. The molecule has 0 radical (unpaired) electrons. The lowest BCUT2D eigenvalue weighted by Gasteiger charge is -2.21. The minimum Gasteiger partial charge on any atom is -0.236 e. The van der Waals surface area contributed by atoms with E-state index < -0.39 is 13.1 Å². The SMILES string of the molecule is FC(C(F)(F)Br)C(Br)(Br)Br. The Morgan fingerprint density at radius 2 is 1.30 bits per heavy atom. The molecule has 10 heavy (non-hydrogen) atoms. The van der Waals surface area contributed by atoms with Gasteiger partial charge in [0.15, 0.2) is 2.14 Å². The first kappa shape index (κ1) is 11.7. The van der Waals surface area contributed by atoms with Gasteiger partial charge in [-0.2, -0.15) is 8.78 Å². The molecule has 0 aromatic heterocycles. The maximum absolute atomic E-state index is 12.5. The molecule has 0 nitrogen and oxygen atoms in total. The van der Waals surface area contributed by atoms with Crippen molar-refractivity contribution in [3.8, 4) is 0 Å². The third-order valence-electron chi connectivity index (χ3n) is 0.575. The first-order valence-electron chi connectivity index (χ1n) is 1.93. The summed E-state index contributed by atoms with van der Waals surface area (Å²) in [5.74, 6) is 0. The van der Waals surface area contributed by atoms with E-state index >= 15 is 0 Å². The Kier molecular flexibility index (Phi) is 4.23. The maximum Gasteiger partial charge on any atom is 0.335 e. The molecule has 0 rings (SSSR count). The van der Waals surface area contributed by atoms with Crippen LogP contribution < -0.4 is 0 Å². The molecule has 62 valence electrons. The van der Waals surface area contributed by atoms with Crippen molar-refractivity contribution in [1.82, 2.24) is 0 Å². The van der Waals surface area contributed by atoms with Gasteiger partial charge in [-0.05, 0) is 15.9 Å². The van der Waals surface area contributed by atoms with Gasteiger partial charge in [0.2, 0.25) is 6.17 Å². The fraction of sp³-hybridized carbons (Fsp3) is 1.00. The summed E-state index contributed by atoms with van der Waals surface area (Å²) in [5.41, 5.74) is 0. The molecule has 0 aromatic carbocycles. The molecular formula is C3HBr4F3. The van der Waals surface area contributed by atoms with Gasteiger partial charge in [0, 0.05) is 0 Å². The highest BCUT2D eigenvalue weighted by molar-refractivity contribution is 9.39. The Bertz CT molecular complexity index is 99.9. The molecular weight excluding hydrogens is 413 g/mol. The van der Waals surface area contributed by atoms with E-state index in [-0.39, 0.29) is 0 Å². The number of rotatable bonds is 1. The molecule has 1 atom stereocenters. The van der Waals surface area contributed by atoms with Crippen LogP contribution in [0.25, 0.3) is 0 Å². The van der Waals surface area contributed by atoms with Gasteiger partial charge in [-0.15, -0.1) is 0 Å². The molecule has 0 aliphatic carbocycles. The van der Waals surface area contributed by atoms with Crippen LogP contribution >= 0.6 is 63.7 Å². The van der Waals surface area contributed by atoms with E-state index in [1.165, 1.54) is 0 Å². The summed E-state index contributed by atoms with van der Waals surface area (Å²) in [7, 11) is 0. The van der Waals surface area contributed by atoms with E-state index in [1.807, 2.05) is 15.9 Å². The second-order valence-corrected chi connectivity index (χ2v) is 9.45. The van der Waals surface area contributed by atoms with Crippen LogP contribution in [0.4, 0.5) is 13.2 Å². The summed E-state index contributed by atoms with van der Waals surface area (Å²) in [6.07, 6.45) is -2.40. The molecule has 0 aliphatic heterocycles. The van der Waals surface area contributed by atoms with E-state index in [2.05, 4.69) is 47.8 Å². The van der Waals surface area contributed by atoms with Crippen LogP contribution in [0.3, 0.4) is 0 Å². The minimum atomic E-state index is -3.55. The van der Waals surface area contributed by atoms with Gasteiger partial charge >= 0.3 is 4.83 Å². The lowest BCUT2D eigenvalue weighted by molar-refractivity contribution is 0.0291. The lowest BCUT2D eigenvalue weighted by Crippen LogP contribution is -2.33. The highest BCUT2D eigenvalue weighted by Gasteiger charge is 2.48. The largest absolute Gasteiger partial charge is 0.335 e. The van der Waals surface area contributed by atoms with Crippen molar-refractivity contribution in [2.45, 2.75) is 13.1 Å². The van der Waals surface area contributed by atoms with Crippen molar-refractivity contribution in [3.05, 3.63) is 0 Å². The molecule has 0 amide bonds. The molecule has 0 spiro atoms. The van der Waals surface area contributed by atoms with Crippen molar-refractivity contribution in [3.63, 3.8) is 0 Å². The normalized spacial score (nSPS) is 17.1. The monoisotopic (exact) mass is 410 g/mol. The molecule has 0 heterocycles. The highest BCUT2D eigenvalue weighted by Crippen LogP contribution is 2.47. The van der Waals surface area contributed by atoms with E-state index in [1.54, 1.807) is 0 Å². The van der Waals surface area contributed by atoms with E-state index in [0.29, 0.717) is 0 Å². The molecule has 0 aromatic rings. The first-order valence-corrected chi connectivity index (χ1v) is 5.10. The predicted octanol–water partition coefficient (Wildman–Crippen LogP) is 4.15. The minimum absolute atomic E-state index is 1.58. The summed E-state index contributed by atoms with van der Waals surface area (Å²) in [4.78, 5) is -3.55. The molecule has 0 saturated carbocycles. The van der Waals surface area contributed by atoms with Crippen LogP contribution in [0.15, 0.2) is 0 Å². The average Bonchev–Trinajstić information content (AvgIpc) is 1.59. The van der Waals surface area contributed by atoms with Crippen LogP contribution in [-0.4, -0.2) is 13.1 Å². The molecule has 0 aliphatic rings. The third-order valence-corrected chi connectivity index (χ3v) is 2.18. The molecule has 0 saturated heterocycles. The second-order valence-electron chi connectivity index (χ2n) is 1.45. The molecule has 7 heteroatoms. The first-order chi connectivity index (χ1) is 4.15. The van der Waals surface area contributed by atoms with Crippen LogP contribution in [-0.2, 0) is 0 Å². The van der Waals surface area contributed by atoms with Crippen molar-refractivity contribution in [2.24, 2.45) is 0 Å². The summed E-state index contributed by atoms with van der Waals surface area (Å²) in [6.45, 7) is 0. The zero-order chi connectivity index (χ0) is 8.58. The van der Waals surface area contributed by atoms with Gasteiger partial charge in [0.1, 0.15) is 0 Å². The van der Waals surface area contributed by atoms with E-state index in [4.69, 9.17) is 0 Å². The van der Waals surface area contributed by atoms with Crippen LogP contribution in [0, 0.1) is 0 Å². The van der Waals surface area contributed by atoms with Crippen LogP contribution in [0.2, 0.25) is 0 Å². The molecule has 0 N–H and O–H groups in total. The Hall–Kier alpha value is 1.71.